The lowest BCUT2D eigenvalue weighted by atomic mass is 10.3. The van der Waals surface area contributed by atoms with Gasteiger partial charge in [0.05, 0.1) is 5.02 Å². The maximum Gasteiger partial charge on any atom is 0.145 e. The van der Waals surface area contributed by atoms with E-state index in [1.165, 1.54) is 12.1 Å². The zero-order valence-electron chi connectivity index (χ0n) is 10.00. The third-order valence-corrected chi connectivity index (χ3v) is 3.22. The molecule has 0 saturated carbocycles. The van der Waals surface area contributed by atoms with Crippen LogP contribution in [-0.4, -0.2) is 13.2 Å². The molecule has 2 aromatic rings. The number of nitrogens with one attached hydrogen (secondary N) is 1. The Kier molecular flexibility index (Phi) is 5.05. The molecule has 0 aliphatic rings. The van der Waals surface area contributed by atoms with Crippen LogP contribution in [0.15, 0.2) is 46.9 Å². The maximum absolute atomic E-state index is 13.2. The SMILES string of the molecule is Fc1cc(OCCNc2cccc(Br)c2)ccc1Cl. The van der Waals surface area contributed by atoms with Gasteiger partial charge in [-0.2, -0.15) is 0 Å². The van der Waals surface area contributed by atoms with Crippen LogP contribution in [0.1, 0.15) is 0 Å². The van der Waals surface area contributed by atoms with E-state index in [0.29, 0.717) is 18.9 Å². The van der Waals surface area contributed by atoms with E-state index < -0.39 is 5.82 Å². The third-order valence-electron chi connectivity index (χ3n) is 2.42. The average molecular weight is 345 g/mol. The fourth-order valence-electron chi connectivity index (χ4n) is 1.53. The van der Waals surface area contributed by atoms with Crippen molar-refractivity contribution in [1.29, 1.82) is 0 Å². The summed E-state index contributed by atoms with van der Waals surface area (Å²) < 4.78 is 19.6. The highest BCUT2D eigenvalue weighted by atomic mass is 79.9. The summed E-state index contributed by atoms with van der Waals surface area (Å²) in [4.78, 5) is 0. The smallest absolute Gasteiger partial charge is 0.145 e. The van der Waals surface area contributed by atoms with Gasteiger partial charge in [-0.05, 0) is 30.3 Å². The first kappa shape index (κ1) is 14.2. The molecule has 0 unspecified atom stereocenters. The molecule has 2 aromatic carbocycles. The van der Waals surface area contributed by atoms with Crippen LogP contribution in [0.2, 0.25) is 5.02 Å². The van der Waals surface area contributed by atoms with Crippen LogP contribution < -0.4 is 10.1 Å². The molecule has 1 N–H and O–H groups in total. The minimum Gasteiger partial charge on any atom is -0.492 e. The molecule has 0 fully saturated rings. The van der Waals surface area contributed by atoms with E-state index in [4.69, 9.17) is 16.3 Å². The van der Waals surface area contributed by atoms with Gasteiger partial charge in [0.2, 0.25) is 0 Å². The molecule has 0 bridgehead atoms. The van der Waals surface area contributed by atoms with Gasteiger partial charge in [-0.1, -0.05) is 33.6 Å². The Morgan fingerprint density at radius 1 is 1.21 bits per heavy atom. The number of hydrogen-bond acceptors (Lipinski definition) is 2. The molecule has 0 spiro atoms. The van der Waals surface area contributed by atoms with Crippen molar-refractivity contribution >= 4 is 33.2 Å². The normalized spacial score (nSPS) is 10.3. The van der Waals surface area contributed by atoms with Crippen LogP contribution in [-0.2, 0) is 0 Å². The minimum absolute atomic E-state index is 0.0969. The second kappa shape index (κ2) is 6.78. The van der Waals surface area contributed by atoms with Gasteiger partial charge < -0.3 is 10.1 Å². The van der Waals surface area contributed by atoms with E-state index in [0.717, 1.165) is 10.2 Å². The quantitative estimate of drug-likeness (QED) is 0.792. The van der Waals surface area contributed by atoms with Crippen molar-refractivity contribution < 1.29 is 9.13 Å². The molecule has 0 atom stereocenters. The molecule has 0 amide bonds. The van der Waals surface area contributed by atoms with Crippen LogP contribution in [0.4, 0.5) is 10.1 Å². The van der Waals surface area contributed by atoms with Crippen LogP contribution in [0, 0.1) is 5.82 Å². The van der Waals surface area contributed by atoms with Crippen molar-refractivity contribution in [2.45, 2.75) is 0 Å². The van der Waals surface area contributed by atoms with Crippen molar-refractivity contribution in [3.63, 3.8) is 0 Å². The summed E-state index contributed by atoms with van der Waals surface area (Å²) in [7, 11) is 0. The fraction of sp³-hybridized carbons (Fsp3) is 0.143. The Hall–Kier alpha value is -1.26. The van der Waals surface area contributed by atoms with Crippen LogP contribution >= 0.6 is 27.5 Å². The van der Waals surface area contributed by atoms with Gasteiger partial charge in [0.1, 0.15) is 18.2 Å². The fourth-order valence-corrected chi connectivity index (χ4v) is 2.05. The molecule has 2 nitrogen and oxygen atoms in total. The molecular formula is C14H12BrClFNO. The molecule has 0 aromatic heterocycles. The third kappa shape index (κ3) is 4.40. The van der Waals surface area contributed by atoms with Crippen molar-refractivity contribution in [3.8, 4) is 5.75 Å². The van der Waals surface area contributed by atoms with Crippen molar-refractivity contribution in [3.05, 3.63) is 57.8 Å². The summed E-state index contributed by atoms with van der Waals surface area (Å²) in [5.74, 6) is -0.00272. The van der Waals surface area contributed by atoms with Gasteiger partial charge in [-0.3, -0.25) is 0 Å². The van der Waals surface area contributed by atoms with Gasteiger partial charge >= 0.3 is 0 Å². The Morgan fingerprint density at radius 2 is 2.05 bits per heavy atom. The van der Waals surface area contributed by atoms with E-state index in [1.807, 2.05) is 24.3 Å². The Morgan fingerprint density at radius 3 is 2.79 bits per heavy atom. The van der Waals surface area contributed by atoms with E-state index in [-0.39, 0.29) is 5.02 Å². The first-order valence-corrected chi connectivity index (χ1v) is 6.89. The van der Waals surface area contributed by atoms with E-state index in [2.05, 4.69) is 21.2 Å². The second-order valence-electron chi connectivity index (χ2n) is 3.86. The number of hydrogen-bond donors (Lipinski definition) is 1. The summed E-state index contributed by atoms with van der Waals surface area (Å²) in [6.07, 6.45) is 0. The average Bonchev–Trinajstić information content (AvgIpc) is 2.39. The maximum atomic E-state index is 13.2. The standard InChI is InChI=1S/C14H12BrClFNO/c15-10-2-1-3-11(8-10)18-6-7-19-12-4-5-13(16)14(17)9-12/h1-5,8-9,18H,6-7H2. The first-order valence-electron chi connectivity index (χ1n) is 5.72. The number of halogens is 3. The summed E-state index contributed by atoms with van der Waals surface area (Å²) >= 11 is 8.99. The molecule has 0 saturated heterocycles. The predicted molar refractivity (Wildman–Crippen MR) is 79.5 cm³/mol. The highest BCUT2D eigenvalue weighted by molar-refractivity contribution is 9.10. The Labute approximate surface area is 124 Å². The zero-order valence-corrected chi connectivity index (χ0v) is 12.3. The molecule has 2 rings (SSSR count). The lowest BCUT2D eigenvalue weighted by Crippen LogP contribution is -2.11. The topological polar surface area (TPSA) is 21.3 Å². The molecule has 0 aliphatic heterocycles. The van der Waals surface area contributed by atoms with Crippen molar-refractivity contribution in [2.24, 2.45) is 0 Å². The lowest BCUT2D eigenvalue weighted by molar-refractivity contribution is 0.331. The zero-order chi connectivity index (χ0) is 13.7. The largest absolute Gasteiger partial charge is 0.492 e. The molecule has 0 aliphatic carbocycles. The lowest BCUT2D eigenvalue weighted by Gasteiger charge is -2.09. The van der Waals surface area contributed by atoms with Crippen molar-refractivity contribution in [2.75, 3.05) is 18.5 Å². The number of benzene rings is 2. The molecule has 19 heavy (non-hydrogen) atoms. The number of ether oxygens (including phenoxy) is 1. The summed E-state index contributed by atoms with van der Waals surface area (Å²) in [6.45, 7) is 1.06. The van der Waals surface area contributed by atoms with Gasteiger partial charge in [-0.15, -0.1) is 0 Å². The molecule has 0 radical (unpaired) electrons. The number of anilines is 1. The van der Waals surface area contributed by atoms with Gasteiger partial charge in [0, 0.05) is 22.8 Å². The molecule has 100 valence electrons. The molecule has 5 heteroatoms. The predicted octanol–water partition coefficient (Wildman–Crippen LogP) is 4.73. The minimum atomic E-state index is -0.473. The Balaban J connectivity index is 1.79. The Bertz CT molecular complexity index is 565. The first-order chi connectivity index (χ1) is 9.15. The summed E-state index contributed by atoms with van der Waals surface area (Å²) in [5, 5.41) is 3.30. The van der Waals surface area contributed by atoms with Crippen LogP contribution in [0.25, 0.3) is 0 Å². The van der Waals surface area contributed by atoms with E-state index in [9.17, 15) is 4.39 Å². The number of rotatable bonds is 5. The van der Waals surface area contributed by atoms with Gasteiger partial charge in [0.25, 0.3) is 0 Å². The van der Waals surface area contributed by atoms with E-state index >= 15 is 0 Å². The molecular weight excluding hydrogens is 333 g/mol. The highest BCUT2D eigenvalue weighted by Gasteiger charge is 2.01. The second-order valence-corrected chi connectivity index (χ2v) is 5.18. The summed E-state index contributed by atoms with van der Waals surface area (Å²) in [5.41, 5.74) is 1.00. The highest BCUT2D eigenvalue weighted by Crippen LogP contribution is 2.20. The summed E-state index contributed by atoms with van der Waals surface area (Å²) in [6, 6.07) is 12.2. The van der Waals surface area contributed by atoms with Crippen LogP contribution in [0.5, 0.6) is 5.75 Å². The van der Waals surface area contributed by atoms with Gasteiger partial charge in [0.15, 0.2) is 0 Å². The monoisotopic (exact) mass is 343 g/mol. The van der Waals surface area contributed by atoms with Crippen molar-refractivity contribution in [1.82, 2.24) is 0 Å². The van der Waals surface area contributed by atoms with Gasteiger partial charge in [-0.25, -0.2) is 4.39 Å². The van der Waals surface area contributed by atoms with E-state index in [1.54, 1.807) is 6.07 Å². The van der Waals surface area contributed by atoms with Crippen LogP contribution in [0.3, 0.4) is 0 Å². The molecule has 0 heterocycles.